The Labute approximate surface area is 233 Å². The van der Waals surface area contributed by atoms with Gasteiger partial charge in [-0.2, -0.15) is 5.21 Å². The Hall–Kier alpha value is -4.66. The van der Waals surface area contributed by atoms with Gasteiger partial charge in [-0.15, -0.1) is 10.2 Å². The van der Waals surface area contributed by atoms with E-state index in [1.165, 1.54) is 11.8 Å². The van der Waals surface area contributed by atoms with Crippen LogP contribution in [0.2, 0.25) is 0 Å². The molecule has 0 aliphatic rings. The minimum absolute atomic E-state index is 0.00428. The Kier molecular flexibility index (Phi) is 9.51. The van der Waals surface area contributed by atoms with Crippen molar-refractivity contribution in [1.82, 2.24) is 25.5 Å². The van der Waals surface area contributed by atoms with Crippen LogP contribution in [0.1, 0.15) is 44.7 Å². The second-order valence-electron chi connectivity index (χ2n) is 9.99. The number of H-pyrrole nitrogens is 1. The van der Waals surface area contributed by atoms with E-state index in [0.717, 1.165) is 27.8 Å². The Balaban J connectivity index is 1.67. The monoisotopic (exact) mass is 539 g/mol. The predicted molar refractivity (Wildman–Crippen MR) is 150 cm³/mol. The number of nitrogens with one attached hydrogen (secondary N) is 1. The molecule has 1 N–H and O–H groups in total. The van der Waals surface area contributed by atoms with Crippen LogP contribution in [0.4, 0.5) is 0 Å². The second kappa shape index (κ2) is 13.4. The highest BCUT2D eigenvalue weighted by Gasteiger charge is 2.34. The normalized spacial score (nSPS) is 11.7. The number of aromatic amines is 1. The molecule has 1 heterocycles. The van der Waals surface area contributed by atoms with E-state index in [2.05, 4.69) is 20.6 Å². The topological polar surface area (TPSA) is 118 Å². The van der Waals surface area contributed by atoms with Crippen LogP contribution in [0.25, 0.3) is 22.5 Å². The highest BCUT2D eigenvalue weighted by atomic mass is 16.5. The molecule has 1 aromatic heterocycles. The smallest absolute Gasteiger partial charge is 0.329 e. The van der Waals surface area contributed by atoms with Gasteiger partial charge in [0.15, 0.2) is 0 Å². The van der Waals surface area contributed by atoms with Crippen molar-refractivity contribution < 1.29 is 19.1 Å². The SMILES string of the molecule is CC(=O)CCC(=O)N(Cc1ccc(-c2ccccc2)c(-c2nn[nH]n2)c1)[C@H](C(=O)OCc1ccccc1)C(C)C. The van der Waals surface area contributed by atoms with Crippen LogP contribution in [-0.4, -0.2) is 49.2 Å². The number of rotatable bonds is 12. The zero-order valence-electron chi connectivity index (χ0n) is 22.9. The Morgan fingerprint density at radius 1 is 0.875 bits per heavy atom. The number of Topliss-reactive ketones (excluding diaryl/α,β-unsaturated/α-hetero) is 1. The number of carbonyl (C=O) groups excluding carboxylic acids is 3. The van der Waals surface area contributed by atoms with E-state index in [9.17, 15) is 14.4 Å². The molecule has 0 bridgehead atoms. The highest BCUT2D eigenvalue weighted by Crippen LogP contribution is 2.31. The van der Waals surface area contributed by atoms with Gasteiger partial charge in [0.25, 0.3) is 0 Å². The molecule has 40 heavy (non-hydrogen) atoms. The third-order valence-electron chi connectivity index (χ3n) is 6.55. The molecular formula is C31H33N5O4. The van der Waals surface area contributed by atoms with Crippen molar-refractivity contribution in [2.45, 2.75) is 52.8 Å². The van der Waals surface area contributed by atoms with Crippen LogP contribution < -0.4 is 0 Å². The van der Waals surface area contributed by atoms with E-state index in [-0.39, 0.29) is 43.6 Å². The quantitative estimate of drug-likeness (QED) is 0.252. The van der Waals surface area contributed by atoms with Gasteiger partial charge < -0.3 is 14.4 Å². The van der Waals surface area contributed by atoms with Crippen molar-refractivity contribution in [1.29, 1.82) is 0 Å². The number of hydrogen-bond donors (Lipinski definition) is 1. The van der Waals surface area contributed by atoms with Gasteiger partial charge in [-0.3, -0.25) is 4.79 Å². The molecule has 206 valence electrons. The lowest BCUT2D eigenvalue weighted by atomic mass is 9.95. The van der Waals surface area contributed by atoms with E-state index in [4.69, 9.17) is 4.74 Å². The van der Waals surface area contributed by atoms with Crippen molar-refractivity contribution >= 4 is 17.7 Å². The summed E-state index contributed by atoms with van der Waals surface area (Å²) >= 11 is 0. The van der Waals surface area contributed by atoms with E-state index in [1.807, 2.05) is 92.7 Å². The van der Waals surface area contributed by atoms with Gasteiger partial charge in [-0.05, 0) is 46.4 Å². The number of aromatic nitrogens is 4. The number of tetrazole rings is 1. The van der Waals surface area contributed by atoms with Crippen molar-refractivity contribution in [2.75, 3.05) is 0 Å². The molecule has 1 atom stereocenters. The zero-order valence-corrected chi connectivity index (χ0v) is 22.9. The van der Waals surface area contributed by atoms with E-state index < -0.39 is 12.0 Å². The summed E-state index contributed by atoms with van der Waals surface area (Å²) in [6.45, 7) is 5.45. The second-order valence-corrected chi connectivity index (χ2v) is 9.99. The first kappa shape index (κ1) is 28.4. The first-order valence-corrected chi connectivity index (χ1v) is 13.2. The fourth-order valence-corrected chi connectivity index (χ4v) is 4.56. The van der Waals surface area contributed by atoms with Gasteiger partial charge in [0, 0.05) is 24.9 Å². The van der Waals surface area contributed by atoms with Gasteiger partial charge >= 0.3 is 5.97 Å². The van der Waals surface area contributed by atoms with E-state index in [0.29, 0.717) is 5.82 Å². The number of esters is 1. The van der Waals surface area contributed by atoms with Crippen molar-refractivity contribution in [2.24, 2.45) is 5.92 Å². The first-order chi connectivity index (χ1) is 19.3. The summed E-state index contributed by atoms with van der Waals surface area (Å²) < 4.78 is 5.67. The standard InChI is InChI=1S/C31H33N5O4/c1-21(2)29(31(39)40-20-23-10-6-4-7-11-23)36(28(38)17-14-22(3)37)19-24-15-16-26(25-12-8-5-9-13-25)27(18-24)30-32-34-35-33-30/h4-13,15-16,18,21,29H,14,17,19-20H2,1-3H3,(H,32,33,34,35)/t29-/m0/s1. The molecule has 4 rings (SSSR count). The molecule has 0 saturated heterocycles. The molecule has 0 aliphatic heterocycles. The molecule has 0 unspecified atom stereocenters. The molecule has 9 nitrogen and oxygen atoms in total. The summed E-state index contributed by atoms with van der Waals surface area (Å²) in [4.78, 5) is 40.1. The number of hydrogen-bond acceptors (Lipinski definition) is 7. The summed E-state index contributed by atoms with van der Waals surface area (Å²) in [7, 11) is 0. The summed E-state index contributed by atoms with van der Waals surface area (Å²) in [6.07, 6.45) is 0.102. The number of carbonyl (C=O) groups is 3. The van der Waals surface area contributed by atoms with Crippen molar-refractivity contribution in [3.63, 3.8) is 0 Å². The largest absolute Gasteiger partial charge is 0.459 e. The minimum atomic E-state index is -0.842. The Bertz CT molecular complexity index is 1420. The summed E-state index contributed by atoms with van der Waals surface area (Å²) in [5.41, 5.74) is 4.25. The fraction of sp³-hybridized carbons (Fsp3) is 0.290. The molecule has 0 fully saturated rings. The predicted octanol–water partition coefficient (Wildman–Crippen LogP) is 5.00. The molecule has 4 aromatic rings. The third-order valence-corrected chi connectivity index (χ3v) is 6.55. The van der Waals surface area contributed by atoms with Crippen LogP contribution in [0.5, 0.6) is 0 Å². The molecule has 0 radical (unpaired) electrons. The number of nitrogens with zero attached hydrogens (tertiary/aromatic N) is 4. The molecule has 3 aromatic carbocycles. The van der Waals surface area contributed by atoms with Gasteiger partial charge in [0.2, 0.25) is 11.7 Å². The average molecular weight is 540 g/mol. The van der Waals surface area contributed by atoms with Gasteiger partial charge in [0.1, 0.15) is 18.4 Å². The van der Waals surface area contributed by atoms with Crippen LogP contribution in [-0.2, 0) is 32.3 Å². The maximum atomic E-state index is 13.5. The maximum absolute atomic E-state index is 13.5. The Morgan fingerprint density at radius 3 is 2.20 bits per heavy atom. The first-order valence-electron chi connectivity index (χ1n) is 13.2. The fourth-order valence-electron chi connectivity index (χ4n) is 4.56. The molecule has 9 heteroatoms. The highest BCUT2D eigenvalue weighted by molar-refractivity contribution is 5.88. The number of amides is 1. The maximum Gasteiger partial charge on any atom is 0.329 e. The molecule has 0 aliphatic carbocycles. The van der Waals surface area contributed by atoms with E-state index >= 15 is 0 Å². The number of ketones is 1. The summed E-state index contributed by atoms with van der Waals surface area (Å²) in [5.74, 6) is -0.691. The van der Waals surface area contributed by atoms with Crippen molar-refractivity contribution in [3.05, 3.63) is 90.0 Å². The van der Waals surface area contributed by atoms with Crippen LogP contribution in [0.3, 0.4) is 0 Å². The summed E-state index contributed by atoms with van der Waals surface area (Å²) in [6, 6.07) is 24.2. The number of benzene rings is 3. The lowest BCUT2D eigenvalue weighted by Gasteiger charge is -2.33. The number of ether oxygens (including phenoxy) is 1. The summed E-state index contributed by atoms with van der Waals surface area (Å²) in [5, 5.41) is 14.6. The lowest BCUT2D eigenvalue weighted by Crippen LogP contribution is -2.48. The minimum Gasteiger partial charge on any atom is -0.459 e. The Morgan fingerprint density at radius 2 is 1.57 bits per heavy atom. The molecule has 0 saturated carbocycles. The van der Waals surface area contributed by atoms with Crippen LogP contribution in [0, 0.1) is 5.92 Å². The van der Waals surface area contributed by atoms with Gasteiger partial charge in [-0.25, -0.2) is 4.79 Å². The third kappa shape index (κ3) is 7.25. The average Bonchev–Trinajstić information content (AvgIpc) is 3.50. The van der Waals surface area contributed by atoms with Gasteiger partial charge in [0.05, 0.1) is 0 Å². The van der Waals surface area contributed by atoms with Gasteiger partial charge in [-0.1, -0.05) is 86.6 Å². The molecule has 1 amide bonds. The molecular weight excluding hydrogens is 506 g/mol. The van der Waals surface area contributed by atoms with Crippen LogP contribution in [0.15, 0.2) is 78.9 Å². The lowest BCUT2D eigenvalue weighted by molar-refractivity contribution is -0.159. The zero-order chi connectivity index (χ0) is 28.5. The molecule has 0 spiro atoms. The van der Waals surface area contributed by atoms with Crippen LogP contribution >= 0.6 is 0 Å². The van der Waals surface area contributed by atoms with Crippen molar-refractivity contribution in [3.8, 4) is 22.5 Å². The van der Waals surface area contributed by atoms with E-state index in [1.54, 1.807) is 0 Å².